The Kier molecular flexibility index (Phi) is 14.2. The van der Waals surface area contributed by atoms with Crippen molar-refractivity contribution < 1.29 is 8.85 Å². The highest BCUT2D eigenvalue weighted by atomic mass is 31.1. The summed E-state index contributed by atoms with van der Waals surface area (Å²) >= 11 is 0. The lowest BCUT2D eigenvalue weighted by Crippen LogP contribution is -2.50. The monoisotopic (exact) mass is 716 g/mol. The quantitative estimate of drug-likeness (QED) is 0.154. The maximum atomic E-state index is 7.45. The molecular formula is C42H65O2PSi3. The normalized spacial score (nSPS) is 26.0. The van der Waals surface area contributed by atoms with Gasteiger partial charge in [-0.3, -0.25) is 0 Å². The van der Waals surface area contributed by atoms with Gasteiger partial charge < -0.3 is 8.85 Å². The lowest BCUT2D eigenvalue weighted by molar-refractivity contribution is 0.0535. The zero-order valence-corrected chi connectivity index (χ0v) is 35.7. The molecule has 262 valence electrons. The predicted octanol–water partition coefficient (Wildman–Crippen LogP) is 11.6. The average molecular weight is 717 g/mol. The van der Waals surface area contributed by atoms with E-state index in [1.807, 2.05) is 0 Å². The Morgan fingerprint density at radius 2 is 1.23 bits per heavy atom. The third-order valence-electron chi connectivity index (χ3n) is 11.4. The molecule has 3 aromatic carbocycles. The Morgan fingerprint density at radius 3 is 1.73 bits per heavy atom. The molecule has 1 aliphatic rings. The van der Waals surface area contributed by atoms with Gasteiger partial charge in [0, 0.05) is 6.42 Å². The van der Waals surface area contributed by atoms with E-state index in [9.17, 15) is 0 Å². The van der Waals surface area contributed by atoms with Crippen LogP contribution in [-0.2, 0) is 8.85 Å². The summed E-state index contributed by atoms with van der Waals surface area (Å²) in [4.78, 5) is 0. The van der Waals surface area contributed by atoms with Gasteiger partial charge in [-0.1, -0.05) is 161 Å². The van der Waals surface area contributed by atoms with Gasteiger partial charge in [0.05, 0.1) is 19.4 Å². The van der Waals surface area contributed by atoms with Crippen molar-refractivity contribution in [2.45, 2.75) is 129 Å². The van der Waals surface area contributed by atoms with Gasteiger partial charge in [-0.05, 0) is 88.3 Å². The van der Waals surface area contributed by atoms with Crippen molar-refractivity contribution >= 4 is 48.4 Å². The molecule has 0 amide bonds. The minimum atomic E-state index is -1.98. The largest absolute Gasteiger partial charge is 0.547 e. The summed E-state index contributed by atoms with van der Waals surface area (Å²) in [6.07, 6.45) is 7.16. The van der Waals surface area contributed by atoms with Crippen molar-refractivity contribution in [1.82, 2.24) is 0 Å². The zero-order chi connectivity index (χ0) is 34.8. The lowest BCUT2D eigenvalue weighted by Gasteiger charge is -2.45. The summed E-state index contributed by atoms with van der Waals surface area (Å²) in [5.41, 5.74) is 1.06. The molecule has 1 aliphatic heterocycles. The molecule has 0 aliphatic carbocycles. The Labute approximate surface area is 299 Å². The van der Waals surface area contributed by atoms with E-state index in [0.717, 1.165) is 12.8 Å². The fourth-order valence-electron chi connectivity index (χ4n) is 8.14. The second-order valence-corrected chi connectivity index (χ2v) is 31.2. The van der Waals surface area contributed by atoms with Crippen molar-refractivity contribution in [1.29, 1.82) is 0 Å². The van der Waals surface area contributed by atoms with Gasteiger partial charge in [0.15, 0.2) is 8.32 Å². The van der Waals surface area contributed by atoms with Crippen LogP contribution in [0, 0.1) is 5.92 Å². The maximum Gasteiger partial charge on any atom is 0.244 e. The fourth-order valence-corrected chi connectivity index (χ4v) is 21.3. The molecule has 0 radical (unpaired) electrons. The van der Waals surface area contributed by atoms with Gasteiger partial charge in [0.2, 0.25) is 8.32 Å². The molecule has 0 saturated heterocycles. The maximum absolute atomic E-state index is 7.45. The Hall–Kier alpha value is -1.76. The molecule has 0 spiro atoms. The Morgan fingerprint density at radius 1 is 0.729 bits per heavy atom. The van der Waals surface area contributed by atoms with E-state index in [2.05, 4.69) is 152 Å². The summed E-state index contributed by atoms with van der Waals surface area (Å²) in [6, 6.07) is 41.0. The summed E-state index contributed by atoms with van der Waals surface area (Å²) in [5.74, 6) is 1.65. The van der Waals surface area contributed by atoms with Crippen LogP contribution in [0.25, 0.3) is 0 Å². The minimum Gasteiger partial charge on any atom is -0.547 e. The standard InChI is InChI=1S/C42H65O2PSi3/c1-10-36(3)42(5)37(4)41(11-2)43-46(6,7)31-22-34-48(40-28-19-14-20-29-40,35-23-32-47(8,9)44-42)33-21-30-45(38-24-15-12-16-25-38)39-26-17-13-18-27-39/h12-20,24-29,36H,10-11,21-23,30-35H2,1-9H3/b41-37-. The summed E-state index contributed by atoms with van der Waals surface area (Å²) < 4.78 is 14.6. The third-order valence-corrected chi connectivity index (χ3v) is 24.3. The first-order valence-corrected chi connectivity index (χ1v) is 29.3. The first kappa shape index (κ1) is 39.0. The smallest absolute Gasteiger partial charge is 0.244 e. The summed E-state index contributed by atoms with van der Waals surface area (Å²) in [5, 5.41) is 4.69. The average Bonchev–Trinajstić information content (AvgIpc) is 3.08. The van der Waals surface area contributed by atoms with E-state index >= 15 is 0 Å². The highest BCUT2D eigenvalue weighted by Crippen LogP contribution is 2.42. The van der Waals surface area contributed by atoms with Gasteiger partial charge in [-0.15, -0.1) is 0 Å². The topological polar surface area (TPSA) is 18.5 Å². The van der Waals surface area contributed by atoms with Crippen LogP contribution in [0.1, 0.15) is 66.7 Å². The molecule has 4 rings (SSSR count). The molecule has 0 fully saturated rings. The predicted molar refractivity (Wildman–Crippen MR) is 222 cm³/mol. The second-order valence-electron chi connectivity index (χ2n) is 15.8. The van der Waals surface area contributed by atoms with Gasteiger partial charge in [-0.25, -0.2) is 0 Å². The molecule has 0 aromatic heterocycles. The van der Waals surface area contributed by atoms with Crippen LogP contribution in [0.3, 0.4) is 0 Å². The Balaban J connectivity index is 1.69. The first-order valence-electron chi connectivity index (χ1n) is 18.9. The number of rotatable bonds is 10. The van der Waals surface area contributed by atoms with E-state index < -0.39 is 24.7 Å². The molecular weight excluding hydrogens is 652 g/mol. The van der Waals surface area contributed by atoms with E-state index in [1.165, 1.54) is 77.6 Å². The van der Waals surface area contributed by atoms with E-state index in [0.29, 0.717) is 5.92 Å². The van der Waals surface area contributed by atoms with Crippen LogP contribution in [-0.4, -0.2) is 36.5 Å². The van der Waals surface area contributed by atoms with Crippen molar-refractivity contribution in [3.63, 3.8) is 0 Å². The van der Waals surface area contributed by atoms with E-state index in [1.54, 1.807) is 5.19 Å². The van der Waals surface area contributed by atoms with Gasteiger partial charge >= 0.3 is 0 Å². The molecule has 6 heteroatoms. The number of hydrogen-bond donors (Lipinski definition) is 0. The van der Waals surface area contributed by atoms with Crippen LogP contribution in [0.15, 0.2) is 102 Å². The van der Waals surface area contributed by atoms with Crippen LogP contribution in [0.2, 0.25) is 56.4 Å². The van der Waals surface area contributed by atoms with Crippen molar-refractivity contribution in [2.75, 3.05) is 6.16 Å². The Bertz CT molecular complexity index is 1390. The van der Waals surface area contributed by atoms with Crippen molar-refractivity contribution in [2.24, 2.45) is 5.92 Å². The zero-order valence-electron chi connectivity index (χ0n) is 31.8. The van der Waals surface area contributed by atoms with E-state index in [-0.39, 0.29) is 13.5 Å². The molecule has 1 heterocycles. The number of hydrogen-bond acceptors (Lipinski definition) is 2. The summed E-state index contributed by atoms with van der Waals surface area (Å²) in [7, 11) is -6.13. The SMILES string of the molecule is CC/C1=C(\C)C(C)(C(C)CC)O[Si](C)(C)CCC[Si](CCCP(c2ccccc2)c2ccccc2)(c2ccccc2)CCC[Si](C)(C)O1. The molecule has 3 unspecified atom stereocenters. The first-order chi connectivity index (χ1) is 22.8. The van der Waals surface area contributed by atoms with Gasteiger partial charge in [-0.2, -0.15) is 0 Å². The number of allylic oxidation sites excluding steroid dienone is 1. The van der Waals surface area contributed by atoms with Crippen LogP contribution < -0.4 is 15.8 Å². The molecule has 0 saturated carbocycles. The van der Waals surface area contributed by atoms with Crippen molar-refractivity contribution in [3.05, 3.63) is 102 Å². The summed E-state index contributed by atoms with van der Waals surface area (Å²) in [6.45, 7) is 21.6. The van der Waals surface area contributed by atoms with Crippen LogP contribution in [0.4, 0.5) is 0 Å². The van der Waals surface area contributed by atoms with Crippen LogP contribution >= 0.6 is 7.92 Å². The third kappa shape index (κ3) is 10.2. The van der Waals surface area contributed by atoms with E-state index in [4.69, 9.17) is 8.85 Å². The molecule has 0 bridgehead atoms. The second kappa shape index (κ2) is 17.4. The molecule has 3 atom stereocenters. The van der Waals surface area contributed by atoms with Crippen molar-refractivity contribution in [3.8, 4) is 0 Å². The van der Waals surface area contributed by atoms with Gasteiger partial charge in [0.1, 0.15) is 0 Å². The molecule has 3 aromatic rings. The molecule has 2 nitrogen and oxygen atoms in total. The minimum absolute atomic E-state index is 0.287. The van der Waals surface area contributed by atoms with Crippen LogP contribution in [0.5, 0.6) is 0 Å². The number of benzene rings is 3. The molecule has 48 heavy (non-hydrogen) atoms. The van der Waals surface area contributed by atoms with Gasteiger partial charge in [0.25, 0.3) is 0 Å². The highest BCUT2D eigenvalue weighted by Gasteiger charge is 2.43. The lowest BCUT2D eigenvalue weighted by atomic mass is 9.82. The highest BCUT2D eigenvalue weighted by molar-refractivity contribution is 7.73. The fraction of sp³-hybridized carbons (Fsp3) is 0.524. The molecule has 0 N–H and O–H groups in total.